The Hall–Kier alpha value is -0.750. The molecule has 0 aliphatic carbocycles. The molecule has 0 bridgehead atoms. The maximum atomic E-state index is 11.8. The third-order valence-corrected chi connectivity index (χ3v) is 3.60. The van der Waals surface area contributed by atoms with E-state index in [1.807, 2.05) is 6.92 Å². The largest absolute Gasteiger partial charge is 0.480 e. The van der Waals surface area contributed by atoms with Crippen molar-refractivity contribution >= 4 is 23.6 Å². The molecule has 1 fully saturated rings. The number of nitrogens with zero attached hydrogens (tertiary/aromatic N) is 1. The SMILES string of the molecule is CCCC(N)CC(=O)N1CSC[C@H]1C(=O)O. The van der Waals surface area contributed by atoms with E-state index in [9.17, 15) is 9.59 Å². The number of carboxylic acid groups (broad SMARTS) is 1. The van der Waals surface area contributed by atoms with Gasteiger partial charge in [-0.05, 0) is 6.42 Å². The van der Waals surface area contributed by atoms with E-state index in [1.165, 1.54) is 16.7 Å². The zero-order chi connectivity index (χ0) is 12.1. The summed E-state index contributed by atoms with van der Waals surface area (Å²) in [6.07, 6.45) is 1.98. The number of carbonyl (C=O) groups excluding carboxylic acids is 1. The van der Waals surface area contributed by atoms with Crippen LogP contribution in [0.1, 0.15) is 26.2 Å². The Morgan fingerprint density at radius 2 is 2.31 bits per heavy atom. The van der Waals surface area contributed by atoms with Gasteiger partial charge >= 0.3 is 5.97 Å². The Morgan fingerprint density at radius 1 is 1.62 bits per heavy atom. The van der Waals surface area contributed by atoms with E-state index < -0.39 is 12.0 Å². The van der Waals surface area contributed by atoms with Gasteiger partial charge < -0.3 is 15.7 Å². The molecular weight excluding hydrogens is 228 g/mol. The van der Waals surface area contributed by atoms with E-state index in [0.717, 1.165) is 12.8 Å². The third kappa shape index (κ3) is 3.38. The molecule has 1 aliphatic heterocycles. The van der Waals surface area contributed by atoms with Gasteiger partial charge in [0, 0.05) is 18.2 Å². The van der Waals surface area contributed by atoms with Crippen molar-refractivity contribution in [3.63, 3.8) is 0 Å². The molecule has 1 saturated heterocycles. The third-order valence-electron chi connectivity index (χ3n) is 2.58. The highest BCUT2D eigenvalue weighted by Gasteiger charge is 2.34. The molecule has 0 spiro atoms. The molecule has 6 heteroatoms. The fraction of sp³-hybridized carbons (Fsp3) is 0.800. The number of amides is 1. The molecule has 16 heavy (non-hydrogen) atoms. The van der Waals surface area contributed by atoms with Crippen LogP contribution in [0.4, 0.5) is 0 Å². The second-order valence-corrected chi connectivity index (χ2v) is 4.97. The van der Waals surface area contributed by atoms with Crippen LogP contribution in [0.3, 0.4) is 0 Å². The smallest absolute Gasteiger partial charge is 0.327 e. The number of thioether (sulfide) groups is 1. The normalized spacial score (nSPS) is 22.1. The van der Waals surface area contributed by atoms with Crippen LogP contribution in [-0.4, -0.2) is 45.6 Å². The lowest BCUT2D eigenvalue weighted by Crippen LogP contribution is -2.43. The molecule has 3 N–H and O–H groups in total. The molecule has 1 unspecified atom stereocenters. The summed E-state index contributed by atoms with van der Waals surface area (Å²) in [5.74, 6) is -0.126. The van der Waals surface area contributed by atoms with Crippen molar-refractivity contribution in [2.24, 2.45) is 5.73 Å². The number of carbonyl (C=O) groups is 2. The molecule has 92 valence electrons. The zero-order valence-electron chi connectivity index (χ0n) is 9.39. The van der Waals surface area contributed by atoms with E-state index in [-0.39, 0.29) is 18.4 Å². The summed E-state index contributed by atoms with van der Waals surface area (Å²) in [6.45, 7) is 2.01. The Bertz CT molecular complexity index is 273. The van der Waals surface area contributed by atoms with E-state index >= 15 is 0 Å². The number of nitrogens with two attached hydrogens (primary N) is 1. The van der Waals surface area contributed by atoms with Gasteiger partial charge in [0.1, 0.15) is 6.04 Å². The Kier molecular flexibility index (Phi) is 5.08. The number of carboxylic acids is 1. The van der Waals surface area contributed by atoms with Crippen LogP contribution >= 0.6 is 11.8 Å². The van der Waals surface area contributed by atoms with E-state index in [1.54, 1.807) is 0 Å². The second-order valence-electron chi connectivity index (χ2n) is 3.97. The number of hydrogen-bond donors (Lipinski definition) is 2. The maximum absolute atomic E-state index is 11.8. The molecule has 0 aromatic heterocycles. The van der Waals surface area contributed by atoms with Gasteiger partial charge in [-0.3, -0.25) is 4.79 Å². The molecule has 1 aliphatic rings. The van der Waals surface area contributed by atoms with Gasteiger partial charge in [0.25, 0.3) is 0 Å². The molecule has 1 heterocycles. The minimum Gasteiger partial charge on any atom is -0.480 e. The second kappa shape index (κ2) is 6.10. The summed E-state index contributed by atoms with van der Waals surface area (Å²) >= 11 is 1.47. The van der Waals surface area contributed by atoms with Crippen molar-refractivity contribution < 1.29 is 14.7 Å². The lowest BCUT2D eigenvalue weighted by Gasteiger charge is -2.22. The Labute approximate surface area is 99.4 Å². The van der Waals surface area contributed by atoms with Crippen molar-refractivity contribution in [1.29, 1.82) is 0 Å². The first kappa shape index (κ1) is 13.3. The van der Waals surface area contributed by atoms with Crippen molar-refractivity contribution in [3.05, 3.63) is 0 Å². The van der Waals surface area contributed by atoms with Crippen LogP contribution in [0.2, 0.25) is 0 Å². The summed E-state index contributed by atoms with van der Waals surface area (Å²) in [5.41, 5.74) is 5.77. The van der Waals surface area contributed by atoms with E-state index in [2.05, 4.69) is 0 Å². The lowest BCUT2D eigenvalue weighted by molar-refractivity contribution is -0.147. The topological polar surface area (TPSA) is 83.6 Å². The monoisotopic (exact) mass is 246 g/mol. The standard InChI is InChI=1S/C10H18N2O3S/c1-2-3-7(11)4-9(13)12-6-16-5-8(12)10(14)15/h7-8H,2-6,11H2,1H3,(H,14,15)/t7?,8-/m0/s1. The highest BCUT2D eigenvalue weighted by Crippen LogP contribution is 2.22. The van der Waals surface area contributed by atoms with Crippen LogP contribution < -0.4 is 5.73 Å². The van der Waals surface area contributed by atoms with Gasteiger partial charge in [0.2, 0.25) is 5.91 Å². The van der Waals surface area contributed by atoms with E-state index in [0.29, 0.717) is 11.6 Å². The minimum absolute atomic E-state index is 0.140. The summed E-state index contributed by atoms with van der Waals surface area (Å²) in [4.78, 5) is 24.1. The molecule has 0 saturated carbocycles. The Morgan fingerprint density at radius 3 is 2.88 bits per heavy atom. The van der Waals surface area contributed by atoms with E-state index in [4.69, 9.17) is 10.8 Å². The van der Waals surface area contributed by atoms with Crippen LogP contribution in [0.15, 0.2) is 0 Å². The van der Waals surface area contributed by atoms with Gasteiger partial charge in [-0.1, -0.05) is 13.3 Å². The summed E-state index contributed by atoms with van der Waals surface area (Å²) < 4.78 is 0. The van der Waals surface area contributed by atoms with Gasteiger partial charge in [-0.15, -0.1) is 11.8 Å². The highest BCUT2D eigenvalue weighted by molar-refractivity contribution is 7.99. The van der Waals surface area contributed by atoms with Crippen LogP contribution in [0.5, 0.6) is 0 Å². The molecule has 0 aromatic rings. The van der Waals surface area contributed by atoms with Gasteiger partial charge in [-0.25, -0.2) is 4.79 Å². The first-order chi connectivity index (χ1) is 7.56. The molecule has 1 amide bonds. The zero-order valence-corrected chi connectivity index (χ0v) is 10.2. The van der Waals surface area contributed by atoms with Crippen LogP contribution in [0.25, 0.3) is 0 Å². The number of hydrogen-bond acceptors (Lipinski definition) is 4. The van der Waals surface area contributed by atoms with Crippen LogP contribution in [-0.2, 0) is 9.59 Å². The molecule has 0 aromatic carbocycles. The average Bonchev–Trinajstić information content (AvgIpc) is 2.65. The summed E-state index contributed by atoms with van der Waals surface area (Å²) in [5, 5.41) is 8.93. The molecule has 0 radical (unpaired) electrons. The van der Waals surface area contributed by atoms with Crippen molar-refractivity contribution in [1.82, 2.24) is 4.90 Å². The van der Waals surface area contributed by atoms with Crippen LogP contribution in [0, 0.1) is 0 Å². The lowest BCUT2D eigenvalue weighted by atomic mass is 10.1. The van der Waals surface area contributed by atoms with Gasteiger partial charge in [0.05, 0.1) is 5.88 Å². The molecule has 1 rings (SSSR count). The van der Waals surface area contributed by atoms with Crippen molar-refractivity contribution in [3.8, 4) is 0 Å². The van der Waals surface area contributed by atoms with Gasteiger partial charge in [-0.2, -0.15) is 0 Å². The fourth-order valence-electron chi connectivity index (χ4n) is 1.71. The Balaban J connectivity index is 2.49. The first-order valence-electron chi connectivity index (χ1n) is 5.41. The summed E-state index contributed by atoms with van der Waals surface area (Å²) in [7, 11) is 0. The van der Waals surface area contributed by atoms with Gasteiger partial charge in [0.15, 0.2) is 0 Å². The predicted molar refractivity (Wildman–Crippen MR) is 63.1 cm³/mol. The van der Waals surface area contributed by atoms with Crippen molar-refractivity contribution in [2.45, 2.75) is 38.3 Å². The molecule has 2 atom stereocenters. The minimum atomic E-state index is -0.928. The molecular formula is C10H18N2O3S. The number of rotatable bonds is 5. The fourth-order valence-corrected chi connectivity index (χ4v) is 2.88. The first-order valence-corrected chi connectivity index (χ1v) is 6.57. The average molecular weight is 246 g/mol. The highest BCUT2D eigenvalue weighted by atomic mass is 32.2. The number of aliphatic carboxylic acids is 1. The molecule has 5 nitrogen and oxygen atoms in total. The quantitative estimate of drug-likeness (QED) is 0.737. The van der Waals surface area contributed by atoms with Crippen molar-refractivity contribution in [2.75, 3.05) is 11.6 Å². The summed E-state index contributed by atoms with van der Waals surface area (Å²) in [6, 6.07) is -0.830. The predicted octanol–water partition coefficient (Wildman–Crippen LogP) is 0.490. The maximum Gasteiger partial charge on any atom is 0.327 e.